The van der Waals surface area contributed by atoms with Gasteiger partial charge in [0.15, 0.2) is 0 Å². The van der Waals surface area contributed by atoms with Gasteiger partial charge in [0.25, 0.3) is 0 Å². The molecule has 1 aliphatic rings. The third-order valence-electron chi connectivity index (χ3n) is 3.99. The first-order valence-electron chi connectivity index (χ1n) is 7.60. The highest BCUT2D eigenvalue weighted by atomic mass is 35.5. The normalized spacial score (nSPS) is 18.9. The van der Waals surface area contributed by atoms with Crippen molar-refractivity contribution in [2.75, 3.05) is 46.3 Å². The average molecular weight is 314 g/mol. The molecule has 0 saturated carbocycles. The zero-order chi connectivity index (χ0) is 15.2. The predicted molar refractivity (Wildman–Crippen MR) is 86.2 cm³/mol. The molecule has 2 rings (SSSR count). The van der Waals surface area contributed by atoms with Crippen LogP contribution < -0.4 is 5.32 Å². The first-order valence-corrected chi connectivity index (χ1v) is 7.98. The molecule has 21 heavy (non-hydrogen) atoms. The molecule has 3 nitrogen and oxygen atoms in total. The first kappa shape index (κ1) is 16.7. The van der Waals surface area contributed by atoms with Crippen LogP contribution in [0.25, 0.3) is 0 Å². The summed E-state index contributed by atoms with van der Waals surface area (Å²) in [6, 6.07) is 4.84. The Morgan fingerprint density at radius 2 is 2.00 bits per heavy atom. The topological polar surface area (TPSA) is 18.5 Å². The third-order valence-corrected chi connectivity index (χ3v) is 4.22. The van der Waals surface area contributed by atoms with E-state index in [1.807, 2.05) is 0 Å². The van der Waals surface area contributed by atoms with Crippen LogP contribution in [0, 0.1) is 11.7 Å². The lowest BCUT2D eigenvalue weighted by molar-refractivity contribution is 0.138. The van der Waals surface area contributed by atoms with Gasteiger partial charge in [-0.2, -0.15) is 0 Å². The number of benzene rings is 1. The van der Waals surface area contributed by atoms with Crippen LogP contribution in [0.2, 0.25) is 5.02 Å². The van der Waals surface area contributed by atoms with Gasteiger partial charge in [-0.25, -0.2) is 4.39 Å². The molecule has 0 bridgehead atoms. The minimum Gasteiger partial charge on any atom is -0.312 e. The average Bonchev–Trinajstić information content (AvgIpc) is 2.44. The predicted octanol–water partition coefficient (Wildman–Crippen LogP) is 2.45. The van der Waals surface area contributed by atoms with Gasteiger partial charge < -0.3 is 15.1 Å². The van der Waals surface area contributed by atoms with Crippen molar-refractivity contribution < 1.29 is 4.39 Å². The van der Waals surface area contributed by atoms with Crippen molar-refractivity contribution in [1.29, 1.82) is 0 Å². The van der Waals surface area contributed by atoms with Crippen LogP contribution in [0.15, 0.2) is 18.2 Å². The van der Waals surface area contributed by atoms with E-state index >= 15 is 0 Å². The minimum absolute atomic E-state index is 0.235. The van der Waals surface area contributed by atoms with Gasteiger partial charge in [0, 0.05) is 49.9 Å². The summed E-state index contributed by atoms with van der Waals surface area (Å²) in [5.74, 6) is 0.325. The van der Waals surface area contributed by atoms with Gasteiger partial charge in [0.1, 0.15) is 5.82 Å². The lowest BCUT2D eigenvalue weighted by Crippen LogP contribution is -2.46. The quantitative estimate of drug-likeness (QED) is 0.870. The van der Waals surface area contributed by atoms with Gasteiger partial charge in [-0.15, -0.1) is 0 Å². The largest absolute Gasteiger partial charge is 0.312 e. The van der Waals surface area contributed by atoms with Crippen molar-refractivity contribution in [2.24, 2.45) is 5.92 Å². The number of halogens is 2. The van der Waals surface area contributed by atoms with Crippen LogP contribution in [-0.2, 0) is 6.54 Å². The number of piperazine rings is 1. The Morgan fingerprint density at radius 1 is 1.29 bits per heavy atom. The van der Waals surface area contributed by atoms with Gasteiger partial charge in [-0.3, -0.25) is 0 Å². The molecule has 0 spiro atoms. The molecule has 1 saturated heterocycles. The molecule has 5 heteroatoms. The number of nitrogens with one attached hydrogen (secondary N) is 1. The molecule has 0 aliphatic carbocycles. The summed E-state index contributed by atoms with van der Waals surface area (Å²) in [5, 5.41) is 3.78. The Morgan fingerprint density at radius 3 is 2.67 bits per heavy atom. The lowest BCUT2D eigenvalue weighted by Gasteiger charge is -2.34. The van der Waals surface area contributed by atoms with Gasteiger partial charge in [-0.1, -0.05) is 24.6 Å². The first-order chi connectivity index (χ1) is 10.0. The SMILES string of the molecule is C[C@H](CNCc1ccc(Cl)cc1F)CN1CCN(C)CC1. The molecule has 1 fully saturated rings. The Kier molecular flexibility index (Phi) is 6.42. The summed E-state index contributed by atoms with van der Waals surface area (Å²) >= 11 is 5.75. The second kappa shape index (κ2) is 8.08. The fraction of sp³-hybridized carbons (Fsp3) is 0.625. The lowest BCUT2D eigenvalue weighted by atomic mass is 10.1. The van der Waals surface area contributed by atoms with Crippen LogP contribution in [-0.4, -0.2) is 56.1 Å². The summed E-state index contributed by atoms with van der Waals surface area (Å²) in [7, 11) is 2.17. The maximum Gasteiger partial charge on any atom is 0.129 e. The maximum atomic E-state index is 13.6. The van der Waals surface area contributed by atoms with Crippen LogP contribution >= 0.6 is 11.6 Å². The zero-order valence-electron chi connectivity index (χ0n) is 12.9. The van der Waals surface area contributed by atoms with Crippen LogP contribution in [0.5, 0.6) is 0 Å². The van der Waals surface area contributed by atoms with Crippen molar-refractivity contribution in [2.45, 2.75) is 13.5 Å². The van der Waals surface area contributed by atoms with Crippen molar-refractivity contribution in [3.05, 3.63) is 34.6 Å². The minimum atomic E-state index is -0.235. The summed E-state index contributed by atoms with van der Waals surface area (Å²) in [6.07, 6.45) is 0. The fourth-order valence-corrected chi connectivity index (χ4v) is 2.81. The monoisotopic (exact) mass is 313 g/mol. The van der Waals surface area contributed by atoms with E-state index in [2.05, 4.69) is 29.1 Å². The molecule has 1 N–H and O–H groups in total. The molecule has 1 aliphatic heterocycles. The fourth-order valence-electron chi connectivity index (χ4n) is 2.65. The summed E-state index contributed by atoms with van der Waals surface area (Å²) in [4.78, 5) is 4.87. The van der Waals surface area contributed by atoms with Gasteiger partial charge in [-0.05, 0) is 31.6 Å². The molecular formula is C16H25ClFN3. The molecule has 0 radical (unpaired) electrons. The molecule has 1 aromatic rings. The van der Waals surface area contributed by atoms with Crippen molar-refractivity contribution in [1.82, 2.24) is 15.1 Å². The molecule has 118 valence electrons. The van der Waals surface area contributed by atoms with E-state index in [-0.39, 0.29) is 5.82 Å². The molecule has 1 atom stereocenters. The van der Waals surface area contributed by atoms with E-state index in [1.165, 1.54) is 6.07 Å². The molecule has 1 aromatic carbocycles. The zero-order valence-corrected chi connectivity index (χ0v) is 13.7. The van der Waals surface area contributed by atoms with Crippen molar-refractivity contribution >= 4 is 11.6 Å². The van der Waals surface area contributed by atoms with E-state index < -0.39 is 0 Å². The number of rotatable bonds is 6. The number of likely N-dealkylation sites (N-methyl/N-ethyl adjacent to an activating group) is 1. The van der Waals surface area contributed by atoms with Gasteiger partial charge >= 0.3 is 0 Å². The maximum absolute atomic E-state index is 13.6. The number of nitrogens with zero attached hydrogens (tertiary/aromatic N) is 2. The molecule has 0 unspecified atom stereocenters. The Labute approximate surface area is 132 Å². The second-order valence-electron chi connectivity index (χ2n) is 6.08. The molecule has 0 aromatic heterocycles. The van der Waals surface area contributed by atoms with Crippen LogP contribution in [0.4, 0.5) is 4.39 Å². The highest BCUT2D eigenvalue weighted by Gasteiger charge is 2.15. The van der Waals surface area contributed by atoms with E-state index in [0.29, 0.717) is 23.0 Å². The second-order valence-corrected chi connectivity index (χ2v) is 6.51. The highest BCUT2D eigenvalue weighted by molar-refractivity contribution is 6.30. The highest BCUT2D eigenvalue weighted by Crippen LogP contribution is 2.14. The summed E-state index contributed by atoms with van der Waals surface area (Å²) < 4.78 is 13.6. The third kappa shape index (κ3) is 5.55. The Balaban J connectivity index is 1.68. The number of hydrogen-bond donors (Lipinski definition) is 1. The van der Waals surface area contributed by atoms with Crippen molar-refractivity contribution in [3.63, 3.8) is 0 Å². The Hall–Kier alpha value is -0.680. The molecular weight excluding hydrogens is 289 g/mol. The summed E-state index contributed by atoms with van der Waals surface area (Å²) in [5.41, 5.74) is 0.672. The van der Waals surface area contributed by atoms with Crippen LogP contribution in [0.3, 0.4) is 0 Å². The molecule has 0 amide bonds. The van der Waals surface area contributed by atoms with E-state index in [0.717, 1.165) is 39.3 Å². The van der Waals surface area contributed by atoms with Gasteiger partial charge in [0.2, 0.25) is 0 Å². The van der Waals surface area contributed by atoms with Gasteiger partial charge in [0.05, 0.1) is 0 Å². The summed E-state index contributed by atoms with van der Waals surface area (Å²) in [6.45, 7) is 9.38. The van der Waals surface area contributed by atoms with Crippen molar-refractivity contribution in [3.8, 4) is 0 Å². The molecule has 1 heterocycles. The smallest absolute Gasteiger partial charge is 0.129 e. The standard InChI is InChI=1S/C16H25ClFN3/c1-13(12-21-7-5-20(2)6-8-21)10-19-11-14-3-4-15(17)9-16(14)18/h3-4,9,13,19H,5-8,10-12H2,1-2H3/t13-/m1/s1. The Bertz CT molecular complexity index is 447. The van der Waals surface area contributed by atoms with E-state index in [9.17, 15) is 4.39 Å². The van der Waals surface area contributed by atoms with E-state index in [1.54, 1.807) is 12.1 Å². The number of hydrogen-bond acceptors (Lipinski definition) is 3. The van der Waals surface area contributed by atoms with E-state index in [4.69, 9.17) is 11.6 Å². The van der Waals surface area contributed by atoms with Crippen LogP contribution in [0.1, 0.15) is 12.5 Å².